The van der Waals surface area contributed by atoms with Crippen LogP contribution in [-0.4, -0.2) is 48.7 Å². The normalized spacial score (nSPS) is 13.8. The number of carbonyl (C=O) groups excluding carboxylic acids is 1. The average Bonchev–Trinajstić information content (AvgIpc) is 2.86. The van der Waals surface area contributed by atoms with E-state index < -0.39 is 18.0 Å². The first kappa shape index (κ1) is 16.5. The number of nitrogens with zero attached hydrogens (tertiary/aromatic N) is 1. The second-order valence-electron chi connectivity index (χ2n) is 4.90. The van der Waals surface area contributed by atoms with Gasteiger partial charge in [-0.2, -0.15) is 0 Å². The third kappa shape index (κ3) is 5.58. The number of carboxylic acids is 1. The van der Waals surface area contributed by atoms with Gasteiger partial charge in [-0.25, -0.2) is 9.59 Å². The predicted octanol–water partition coefficient (Wildman–Crippen LogP) is 1.51. The molecular formula is C13H21N3O3S. The van der Waals surface area contributed by atoms with Crippen molar-refractivity contribution in [3.63, 3.8) is 0 Å². The molecular weight excluding hydrogens is 278 g/mol. The van der Waals surface area contributed by atoms with Crippen LogP contribution < -0.4 is 10.6 Å². The molecule has 1 rings (SSSR count). The van der Waals surface area contributed by atoms with Gasteiger partial charge in [-0.1, -0.05) is 6.07 Å². The summed E-state index contributed by atoms with van der Waals surface area (Å²) in [5.74, 6) is -1.07. The number of hydrogen-bond donors (Lipinski definition) is 3. The van der Waals surface area contributed by atoms with Gasteiger partial charge in [0.15, 0.2) is 6.04 Å². The van der Waals surface area contributed by atoms with Crippen molar-refractivity contribution in [2.45, 2.75) is 25.4 Å². The number of urea groups is 1. The summed E-state index contributed by atoms with van der Waals surface area (Å²) >= 11 is 1.30. The van der Waals surface area contributed by atoms with Crippen LogP contribution in [0.1, 0.15) is 24.3 Å². The van der Waals surface area contributed by atoms with E-state index in [1.165, 1.54) is 11.3 Å². The van der Waals surface area contributed by atoms with Crippen molar-refractivity contribution < 1.29 is 14.7 Å². The van der Waals surface area contributed by atoms with Gasteiger partial charge in [0.25, 0.3) is 0 Å². The molecule has 0 bridgehead atoms. The van der Waals surface area contributed by atoms with Crippen LogP contribution in [0.15, 0.2) is 17.5 Å². The summed E-state index contributed by atoms with van der Waals surface area (Å²) in [6.45, 7) is 2.75. The largest absolute Gasteiger partial charge is 0.479 e. The monoisotopic (exact) mass is 299 g/mol. The van der Waals surface area contributed by atoms with Crippen LogP contribution in [0.2, 0.25) is 0 Å². The molecule has 7 heteroatoms. The molecule has 0 spiro atoms. The van der Waals surface area contributed by atoms with Gasteiger partial charge in [0.1, 0.15) is 0 Å². The van der Waals surface area contributed by atoms with Gasteiger partial charge in [0.05, 0.1) is 0 Å². The topological polar surface area (TPSA) is 81.7 Å². The second-order valence-corrected chi connectivity index (χ2v) is 5.88. The third-order valence-electron chi connectivity index (χ3n) is 2.74. The molecule has 0 aliphatic carbocycles. The Morgan fingerprint density at radius 3 is 2.60 bits per heavy atom. The van der Waals surface area contributed by atoms with Crippen LogP contribution >= 0.6 is 11.3 Å². The van der Waals surface area contributed by atoms with Gasteiger partial charge in [0, 0.05) is 10.9 Å². The fourth-order valence-electron chi connectivity index (χ4n) is 1.63. The van der Waals surface area contributed by atoms with Crippen molar-refractivity contribution in [1.82, 2.24) is 15.5 Å². The van der Waals surface area contributed by atoms with Crippen molar-refractivity contribution in [1.29, 1.82) is 0 Å². The minimum absolute atomic E-state index is 0.0184. The number of aliphatic carboxylic acids is 1. The number of hydrogen-bond acceptors (Lipinski definition) is 4. The Morgan fingerprint density at radius 1 is 1.40 bits per heavy atom. The maximum atomic E-state index is 11.8. The van der Waals surface area contributed by atoms with Gasteiger partial charge < -0.3 is 20.6 Å². The molecule has 0 saturated heterocycles. The summed E-state index contributed by atoms with van der Waals surface area (Å²) < 4.78 is 0. The lowest BCUT2D eigenvalue weighted by atomic mass is 10.2. The van der Waals surface area contributed by atoms with E-state index in [9.17, 15) is 9.59 Å². The van der Waals surface area contributed by atoms with Crippen LogP contribution in [0.5, 0.6) is 0 Å². The smallest absolute Gasteiger partial charge is 0.331 e. The molecule has 2 atom stereocenters. The molecule has 1 heterocycles. The third-order valence-corrected chi connectivity index (χ3v) is 3.67. The highest BCUT2D eigenvalue weighted by molar-refractivity contribution is 7.10. The Balaban J connectivity index is 2.49. The van der Waals surface area contributed by atoms with Crippen molar-refractivity contribution in [3.05, 3.63) is 22.4 Å². The molecule has 0 aliphatic rings. The first-order chi connectivity index (χ1) is 9.40. The van der Waals surface area contributed by atoms with Crippen LogP contribution in [-0.2, 0) is 4.79 Å². The molecule has 0 saturated carbocycles. The van der Waals surface area contributed by atoms with Crippen molar-refractivity contribution in [3.8, 4) is 0 Å². The number of nitrogens with one attached hydrogen (secondary N) is 2. The lowest BCUT2D eigenvalue weighted by Crippen LogP contribution is -2.44. The standard InChI is InChI=1S/C13H21N3O3S/c1-9(6-7-16(2)3)14-13(19)15-11(12(17)18)10-5-4-8-20-10/h4-5,8-9,11H,6-7H2,1-3H3,(H,17,18)(H2,14,15,19). The number of thiophene rings is 1. The molecule has 20 heavy (non-hydrogen) atoms. The highest BCUT2D eigenvalue weighted by Gasteiger charge is 2.23. The SMILES string of the molecule is CC(CCN(C)C)NC(=O)NC(C(=O)O)c1cccs1. The van der Waals surface area contributed by atoms with Crippen molar-refractivity contribution >= 4 is 23.3 Å². The predicted molar refractivity (Wildman–Crippen MR) is 79.0 cm³/mol. The van der Waals surface area contributed by atoms with Crippen LogP contribution in [0.4, 0.5) is 4.79 Å². The summed E-state index contributed by atoms with van der Waals surface area (Å²) in [5.41, 5.74) is 0. The quantitative estimate of drug-likeness (QED) is 0.713. The lowest BCUT2D eigenvalue weighted by Gasteiger charge is -2.19. The number of rotatable bonds is 7. The zero-order valence-corrected chi connectivity index (χ0v) is 12.7. The second kappa shape index (κ2) is 7.86. The molecule has 3 N–H and O–H groups in total. The molecule has 6 nitrogen and oxygen atoms in total. The molecule has 0 radical (unpaired) electrons. The molecule has 1 aromatic heterocycles. The van der Waals surface area contributed by atoms with Crippen molar-refractivity contribution in [2.24, 2.45) is 0 Å². The van der Waals surface area contributed by atoms with E-state index in [1.807, 2.05) is 25.9 Å². The van der Waals surface area contributed by atoms with E-state index in [2.05, 4.69) is 10.6 Å². The van der Waals surface area contributed by atoms with Crippen LogP contribution in [0.25, 0.3) is 0 Å². The molecule has 0 aliphatic heterocycles. The van der Waals surface area contributed by atoms with E-state index in [0.29, 0.717) is 4.88 Å². The zero-order valence-electron chi connectivity index (χ0n) is 11.9. The first-order valence-corrected chi connectivity index (χ1v) is 7.26. The Hall–Kier alpha value is -1.60. The van der Waals surface area contributed by atoms with Crippen molar-refractivity contribution in [2.75, 3.05) is 20.6 Å². The summed E-state index contributed by atoms with van der Waals surface area (Å²) in [6, 6.07) is 1.97. The van der Waals surface area contributed by atoms with E-state index in [4.69, 9.17) is 5.11 Å². The molecule has 1 aromatic rings. The van der Waals surface area contributed by atoms with E-state index in [0.717, 1.165) is 13.0 Å². The van der Waals surface area contributed by atoms with Gasteiger partial charge in [-0.15, -0.1) is 11.3 Å². The zero-order chi connectivity index (χ0) is 15.1. The lowest BCUT2D eigenvalue weighted by molar-refractivity contribution is -0.139. The molecule has 0 aromatic carbocycles. The van der Waals surface area contributed by atoms with Gasteiger partial charge in [-0.3, -0.25) is 0 Å². The summed E-state index contributed by atoms with van der Waals surface area (Å²) in [4.78, 5) is 25.6. The van der Waals surface area contributed by atoms with E-state index in [1.54, 1.807) is 17.5 Å². The number of carbonyl (C=O) groups is 2. The van der Waals surface area contributed by atoms with Gasteiger partial charge >= 0.3 is 12.0 Å². The summed E-state index contributed by atoms with van der Waals surface area (Å²) in [5, 5.41) is 16.2. The first-order valence-electron chi connectivity index (χ1n) is 6.38. The van der Waals surface area contributed by atoms with Crippen LogP contribution in [0, 0.1) is 0 Å². The highest BCUT2D eigenvalue weighted by Crippen LogP contribution is 2.18. The number of carboxylic acid groups (broad SMARTS) is 1. The number of amides is 2. The maximum absolute atomic E-state index is 11.8. The minimum Gasteiger partial charge on any atom is -0.479 e. The molecule has 2 amide bonds. The summed E-state index contributed by atoms with van der Waals surface area (Å²) in [7, 11) is 3.92. The molecule has 112 valence electrons. The Labute approximate surface area is 122 Å². The Morgan fingerprint density at radius 2 is 2.10 bits per heavy atom. The summed E-state index contributed by atoms with van der Waals surface area (Å²) in [6.07, 6.45) is 0.803. The molecule has 0 fully saturated rings. The van der Waals surface area contributed by atoms with E-state index >= 15 is 0 Å². The van der Waals surface area contributed by atoms with Gasteiger partial charge in [-0.05, 0) is 45.4 Å². The van der Waals surface area contributed by atoms with Gasteiger partial charge in [0.2, 0.25) is 0 Å². The average molecular weight is 299 g/mol. The maximum Gasteiger partial charge on any atom is 0.331 e. The Kier molecular flexibility index (Phi) is 6.47. The molecule has 2 unspecified atom stereocenters. The minimum atomic E-state index is -1.07. The highest BCUT2D eigenvalue weighted by atomic mass is 32.1. The fraction of sp³-hybridized carbons (Fsp3) is 0.538. The van der Waals surface area contributed by atoms with Crippen LogP contribution in [0.3, 0.4) is 0 Å². The Bertz CT molecular complexity index is 434. The van der Waals surface area contributed by atoms with E-state index in [-0.39, 0.29) is 6.04 Å². The fourth-order valence-corrected chi connectivity index (χ4v) is 2.40.